The van der Waals surface area contributed by atoms with Crippen LogP contribution in [0.2, 0.25) is 0 Å². The minimum Gasteiger partial charge on any atom is -0.318 e. The summed E-state index contributed by atoms with van der Waals surface area (Å²) >= 11 is 1.47. The van der Waals surface area contributed by atoms with Crippen LogP contribution in [0.15, 0.2) is 0 Å². The summed E-state index contributed by atoms with van der Waals surface area (Å²) in [5, 5.41) is 8.52. The molecule has 0 unspecified atom stereocenters. The molecule has 0 saturated carbocycles. The first-order valence-corrected chi connectivity index (χ1v) is 8.69. The highest BCUT2D eigenvalue weighted by Gasteiger charge is 2.24. The SMILES string of the molecule is Cc1nc(C(C)(C)C)sc1C(=O)Nc1c(C)nn(C(C)C)c1C. The largest absolute Gasteiger partial charge is 0.318 e. The summed E-state index contributed by atoms with van der Waals surface area (Å²) in [7, 11) is 0. The molecule has 0 saturated heterocycles. The van der Waals surface area contributed by atoms with Gasteiger partial charge in [-0.3, -0.25) is 9.48 Å². The number of carbonyl (C=O) groups is 1. The van der Waals surface area contributed by atoms with Gasteiger partial charge in [0.1, 0.15) is 4.88 Å². The Morgan fingerprint density at radius 2 is 1.78 bits per heavy atom. The lowest BCUT2D eigenvalue weighted by Crippen LogP contribution is -2.13. The van der Waals surface area contributed by atoms with E-state index >= 15 is 0 Å². The zero-order valence-electron chi connectivity index (χ0n) is 15.2. The lowest BCUT2D eigenvalue weighted by molar-refractivity contribution is 0.102. The van der Waals surface area contributed by atoms with Crippen molar-refractivity contribution in [3.8, 4) is 0 Å². The first kappa shape index (κ1) is 17.7. The summed E-state index contributed by atoms with van der Waals surface area (Å²) in [6.45, 7) is 16.3. The van der Waals surface area contributed by atoms with Crippen molar-refractivity contribution < 1.29 is 4.79 Å². The van der Waals surface area contributed by atoms with Gasteiger partial charge in [-0.2, -0.15) is 5.10 Å². The fourth-order valence-electron chi connectivity index (χ4n) is 2.44. The van der Waals surface area contributed by atoms with E-state index in [4.69, 9.17) is 0 Å². The third-order valence-corrected chi connectivity index (χ3v) is 5.28. The van der Waals surface area contributed by atoms with Crippen LogP contribution in [0.1, 0.15) is 72.4 Å². The molecule has 0 radical (unpaired) electrons. The van der Waals surface area contributed by atoms with Crippen molar-refractivity contribution in [1.82, 2.24) is 14.8 Å². The van der Waals surface area contributed by atoms with Crippen molar-refractivity contribution in [2.45, 2.75) is 66.8 Å². The summed E-state index contributed by atoms with van der Waals surface area (Å²) in [5.74, 6) is -0.106. The predicted molar refractivity (Wildman–Crippen MR) is 95.6 cm³/mol. The number of aromatic nitrogens is 3. The van der Waals surface area contributed by atoms with E-state index in [0.29, 0.717) is 4.88 Å². The number of carbonyl (C=O) groups excluding carboxylic acids is 1. The van der Waals surface area contributed by atoms with E-state index in [1.165, 1.54) is 11.3 Å². The molecule has 0 aliphatic rings. The lowest BCUT2D eigenvalue weighted by Gasteiger charge is -2.13. The monoisotopic (exact) mass is 334 g/mol. The Labute approximate surface area is 142 Å². The fraction of sp³-hybridized carbons (Fsp3) is 0.588. The third-order valence-electron chi connectivity index (χ3n) is 3.70. The van der Waals surface area contributed by atoms with E-state index in [9.17, 15) is 4.79 Å². The van der Waals surface area contributed by atoms with Crippen molar-refractivity contribution in [3.05, 3.63) is 27.0 Å². The number of nitrogens with zero attached hydrogens (tertiary/aromatic N) is 3. The smallest absolute Gasteiger partial charge is 0.267 e. The maximum Gasteiger partial charge on any atom is 0.267 e. The van der Waals surface area contributed by atoms with Crippen LogP contribution in [-0.4, -0.2) is 20.7 Å². The van der Waals surface area contributed by atoms with Crippen LogP contribution < -0.4 is 5.32 Å². The molecular formula is C17H26N4OS. The molecule has 0 aliphatic carbocycles. The second-order valence-corrected chi connectivity index (χ2v) is 8.22. The Hall–Kier alpha value is -1.69. The zero-order chi connectivity index (χ0) is 17.5. The van der Waals surface area contributed by atoms with Crippen LogP contribution in [0.25, 0.3) is 0 Å². The molecule has 0 fully saturated rings. The van der Waals surface area contributed by atoms with Crippen molar-refractivity contribution in [1.29, 1.82) is 0 Å². The Morgan fingerprint density at radius 3 is 2.22 bits per heavy atom. The van der Waals surface area contributed by atoms with Crippen LogP contribution in [0.3, 0.4) is 0 Å². The van der Waals surface area contributed by atoms with Gasteiger partial charge in [0.15, 0.2) is 0 Å². The average molecular weight is 334 g/mol. The van der Waals surface area contributed by atoms with Crippen LogP contribution in [0, 0.1) is 20.8 Å². The second-order valence-electron chi connectivity index (χ2n) is 7.22. The van der Waals surface area contributed by atoms with Gasteiger partial charge in [0.25, 0.3) is 5.91 Å². The minimum absolute atomic E-state index is 0.0533. The van der Waals surface area contributed by atoms with E-state index in [1.54, 1.807) is 0 Å². The normalized spacial score (nSPS) is 12.0. The number of anilines is 1. The summed E-state index contributed by atoms with van der Waals surface area (Å²) in [6, 6.07) is 0.261. The van der Waals surface area contributed by atoms with Crippen LogP contribution in [0.4, 0.5) is 5.69 Å². The van der Waals surface area contributed by atoms with E-state index < -0.39 is 0 Å². The van der Waals surface area contributed by atoms with Gasteiger partial charge in [-0.05, 0) is 34.6 Å². The van der Waals surface area contributed by atoms with Crippen molar-refractivity contribution in [3.63, 3.8) is 0 Å². The van der Waals surface area contributed by atoms with E-state index in [0.717, 1.165) is 27.8 Å². The summed E-state index contributed by atoms with van der Waals surface area (Å²) < 4.78 is 1.94. The third kappa shape index (κ3) is 3.47. The molecule has 0 spiro atoms. The van der Waals surface area contributed by atoms with Crippen LogP contribution >= 0.6 is 11.3 Å². The van der Waals surface area contributed by atoms with E-state index in [-0.39, 0.29) is 17.4 Å². The molecule has 1 N–H and O–H groups in total. The topological polar surface area (TPSA) is 59.8 Å². The number of hydrogen-bond donors (Lipinski definition) is 1. The molecule has 2 heterocycles. The fourth-order valence-corrected chi connectivity index (χ4v) is 3.46. The quantitative estimate of drug-likeness (QED) is 0.905. The van der Waals surface area contributed by atoms with Gasteiger partial charge < -0.3 is 5.32 Å². The predicted octanol–water partition coefficient (Wildman–Crippen LogP) is 4.40. The number of hydrogen-bond acceptors (Lipinski definition) is 4. The Morgan fingerprint density at radius 1 is 1.17 bits per heavy atom. The summed E-state index contributed by atoms with van der Waals surface area (Å²) in [6.07, 6.45) is 0. The van der Waals surface area contributed by atoms with Gasteiger partial charge in [-0.15, -0.1) is 11.3 Å². The minimum atomic E-state index is -0.106. The van der Waals surface area contributed by atoms with Crippen molar-refractivity contribution in [2.75, 3.05) is 5.32 Å². The maximum absolute atomic E-state index is 12.7. The number of rotatable bonds is 3. The molecule has 2 aromatic rings. The standard InChI is InChI=1S/C17H26N4OS/c1-9(2)21-12(5)13(10(3)20-21)19-15(22)14-11(4)18-16(23-14)17(6,7)8/h9H,1-8H3,(H,19,22). The second kappa shape index (κ2) is 6.07. The van der Waals surface area contributed by atoms with Crippen LogP contribution in [0.5, 0.6) is 0 Å². The van der Waals surface area contributed by atoms with Crippen molar-refractivity contribution in [2.24, 2.45) is 0 Å². The average Bonchev–Trinajstić information content (AvgIpc) is 2.93. The maximum atomic E-state index is 12.7. The van der Waals surface area contributed by atoms with Gasteiger partial charge in [-0.1, -0.05) is 20.8 Å². The summed E-state index contributed by atoms with van der Waals surface area (Å²) in [5.41, 5.74) is 3.34. The first-order chi connectivity index (χ1) is 10.5. The molecule has 0 atom stereocenters. The van der Waals surface area contributed by atoms with Gasteiger partial charge in [-0.25, -0.2) is 4.98 Å². The Kier molecular flexibility index (Phi) is 4.66. The van der Waals surface area contributed by atoms with Gasteiger partial charge in [0.2, 0.25) is 0 Å². The van der Waals surface area contributed by atoms with E-state index in [2.05, 4.69) is 50.0 Å². The number of nitrogens with one attached hydrogen (secondary N) is 1. The molecular weight excluding hydrogens is 308 g/mol. The van der Waals surface area contributed by atoms with Gasteiger partial charge in [0, 0.05) is 11.5 Å². The molecule has 2 rings (SSSR count). The van der Waals surface area contributed by atoms with Crippen LogP contribution in [-0.2, 0) is 5.41 Å². The molecule has 0 aromatic carbocycles. The number of amides is 1. The van der Waals surface area contributed by atoms with E-state index in [1.807, 2.05) is 25.5 Å². The molecule has 0 bridgehead atoms. The number of aryl methyl sites for hydroxylation is 2. The lowest BCUT2D eigenvalue weighted by atomic mass is 9.98. The van der Waals surface area contributed by atoms with Crippen molar-refractivity contribution >= 4 is 22.9 Å². The first-order valence-electron chi connectivity index (χ1n) is 7.87. The molecule has 2 aromatic heterocycles. The highest BCUT2D eigenvalue weighted by molar-refractivity contribution is 7.14. The molecule has 1 amide bonds. The van der Waals surface area contributed by atoms with Gasteiger partial charge in [0.05, 0.1) is 27.8 Å². The Balaban J connectivity index is 2.32. The highest BCUT2D eigenvalue weighted by Crippen LogP contribution is 2.30. The van der Waals surface area contributed by atoms with Gasteiger partial charge >= 0.3 is 0 Å². The number of thiazole rings is 1. The zero-order valence-corrected chi connectivity index (χ0v) is 16.1. The highest BCUT2D eigenvalue weighted by atomic mass is 32.1. The molecule has 0 aliphatic heterocycles. The molecule has 5 nitrogen and oxygen atoms in total. The Bertz CT molecular complexity index is 735. The molecule has 23 heavy (non-hydrogen) atoms. The summed E-state index contributed by atoms with van der Waals surface area (Å²) in [4.78, 5) is 17.9. The molecule has 6 heteroatoms. The molecule has 126 valence electrons.